The molecule has 0 bridgehead atoms. The van der Waals surface area contributed by atoms with E-state index in [0.29, 0.717) is 0 Å². The van der Waals surface area contributed by atoms with Gasteiger partial charge in [-0.15, -0.1) is 0 Å². The van der Waals surface area contributed by atoms with Crippen molar-refractivity contribution in [3.63, 3.8) is 0 Å². The second-order valence-corrected chi connectivity index (χ2v) is 6.93. The summed E-state index contributed by atoms with van der Waals surface area (Å²) < 4.78 is 40.2. The number of sulfonamides is 1. The molecule has 0 unspecified atom stereocenters. The molecule has 6 nitrogen and oxygen atoms in total. The highest BCUT2D eigenvalue weighted by Crippen LogP contribution is 2.22. The summed E-state index contributed by atoms with van der Waals surface area (Å²) in [5.74, 6) is -1.36. The van der Waals surface area contributed by atoms with Crippen LogP contribution in [0.2, 0.25) is 0 Å². The van der Waals surface area contributed by atoms with Gasteiger partial charge in [-0.05, 0) is 32.9 Å². The lowest BCUT2D eigenvalue weighted by Crippen LogP contribution is -2.45. The average Bonchev–Trinajstić information content (AvgIpc) is 2.21. The van der Waals surface area contributed by atoms with E-state index in [-0.39, 0.29) is 22.6 Å². The topological polar surface area (TPSA) is 115 Å². The highest BCUT2D eigenvalue weighted by Gasteiger charge is 2.28. The van der Waals surface area contributed by atoms with Crippen molar-refractivity contribution in [3.8, 4) is 0 Å². The summed E-state index contributed by atoms with van der Waals surface area (Å²) >= 11 is 0. The van der Waals surface area contributed by atoms with Gasteiger partial charge in [0.15, 0.2) is 0 Å². The number of hydrogen-bond acceptors (Lipinski definition) is 4. The van der Waals surface area contributed by atoms with E-state index in [2.05, 4.69) is 4.72 Å². The minimum atomic E-state index is -4.00. The van der Waals surface area contributed by atoms with Crippen LogP contribution in [0.5, 0.6) is 0 Å². The maximum atomic E-state index is 13.6. The number of anilines is 1. The van der Waals surface area contributed by atoms with Gasteiger partial charge >= 0.3 is 0 Å². The van der Waals surface area contributed by atoms with Gasteiger partial charge in [0.2, 0.25) is 15.9 Å². The zero-order chi connectivity index (χ0) is 15.7. The molecule has 1 aromatic rings. The largest absolute Gasteiger partial charge is 0.398 e. The first-order valence-corrected chi connectivity index (χ1v) is 7.31. The molecule has 0 radical (unpaired) electrons. The molecule has 0 aliphatic heterocycles. The van der Waals surface area contributed by atoms with Crippen molar-refractivity contribution in [2.75, 3.05) is 5.73 Å². The second-order valence-electron chi connectivity index (χ2n) is 5.25. The van der Waals surface area contributed by atoms with E-state index in [1.54, 1.807) is 0 Å². The predicted octanol–water partition coefficient (Wildman–Crippen LogP) is 0.649. The number of carbonyl (C=O) groups excluding carboxylic acids is 1. The van der Waals surface area contributed by atoms with Crippen molar-refractivity contribution in [1.29, 1.82) is 0 Å². The Labute approximate surface area is 117 Å². The van der Waals surface area contributed by atoms with E-state index in [1.165, 1.54) is 26.8 Å². The van der Waals surface area contributed by atoms with E-state index in [4.69, 9.17) is 11.5 Å². The van der Waals surface area contributed by atoms with Crippen molar-refractivity contribution >= 4 is 21.6 Å². The van der Waals surface area contributed by atoms with Crippen LogP contribution in [0, 0.1) is 12.7 Å². The fourth-order valence-corrected chi connectivity index (χ4v) is 3.18. The number of nitrogens with two attached hydrogens (primary N) is 2. The lowest BCUT2D eigenvalue weighted by atomic mass is 10.0. The van der Waals surface area contributed by atoms with E-state index in [9.17, 15) is 17.6 Å². The number of nitrogen functional groups attached to an aromatic ring is 1. The summed E-state index contributed by atoms with van der Waals surface area (Å²) in [6.07, 6.45) is -0.184. The molecule has 5 N–H and O–H groups in total. The first kappa shape index (κ1) is 16.4. The van der Waals surface area contributed by atoms with Crippen LogP contribution in [0.15, 0.2) is 17.0 Å². The van der Waals surface area contributed by atoms with E-state index < -0.39 is 27.3 Å². The van der Waals surface area contributed by atoms with Crippen molar-refractivity contribution in [3.05, 3.63) is 23.5 Å². The van der Waals surface area contributed by atoms with Crippen LogP contribution < -0.4 is 16.2 Å². The first-order chi connectivity index (χ1) is 8.94. The Balaban J connectivity index is 3.15. The van der Waals surface area contributed by atoms with Crippen molar-refractivity contribution in [2.45, 2.75) is 37.6 Å². The fraction of sp³-hybridized carbons (Fsp3) is 0.417. The summed E-state index contributed by atoms with van der Waals surface area (Å²) in [5, 5.41) is 0. The molecule has 0 saturated carbocycles. The molecule has 0 aliphatic carbocycles. The SMILES string of the molecule is Cc1c(N)cc(S(=O)(=O)NC(C)(C)CC(N)=O)cc1F. The summed E-state index contributed by atoms with van der Waals surface area (Å²) in [6.45, 7) is 4.46. The molecule has 20 heavy (non-hydrogen) atoms. The molecule has 8 heteroatoms. The zero-order valence-corrected chi connectivity index (χ0v) is 12.3. The number of halogens is 1. The molecule has 1 rings (SSSR count). The first-order valence-electron chi connectivity index (χ1n) is 5.82. The Bertz CT molecular complexity index is 618. The van der Waals surface area contributed by atoms with E-state index in [1.807, 2.05) is 0 Å². The quantitative estimate of drug-likeness (QED) is 0.692. The molecule has 112 valence electrons. The molecule has 0 spiro atoms. The van der Waals surface area contributed by atoms with E-state index >= 15 is 0 Å². The Morgan fingerprint density at radius 1 is 1.40 bits per heavy atom. The van der Waals surface area contributed by atoms with Crippen molar-refractivity contribution in [1.82, 2.24) is 4.72 Å². The van der Waals surface area contributed by atoms with E-state index in [0.717, 1.165) is 6.07 Å². The van der Waals surface area contributed by atoms with Gasteiger partial charge < -0.3 is 11.5 Å². The summed E-state index contributed by atoms with van der Waals surface area (Å²) in [5.41, 5.74) is 9.74. The number of carbonyl (C=O) groups is 1. The third-order valence-electron chi connectivity index (χ3n) is 2.70. The Kier molecular flexibility index (Phi) is 4.40. The number of primary amides is 1. The number of nitrogens with one attached hydrogen (secondary N) is 1. The molecular formula is C12H18FN3O3S. The molecule has 0 aromatic heterocycles. The van der Waals surface area contributed by atoms with Crippen molar-refractivity contribution in [2.24, 2.45) is 5.73 Å². The molecule has 0 aliphatic rings. The Morgan fingerprint density at radius 2 is 1.95 bits per heavy atom. The molecule has 0 atom stereocenters. The van der Waals surface area contributed by atoms with Crippen LogP contribution in [0.25, 0.3) is 0 Å². The minimum Gasteiger partial charge on any atom is -0.398 e. The number of amides is 1. The summed E-state index contributed by atoms with van der Waals surface area (Å²) in [6, 6.07) is 2.05. The van der Waals surface area contributed by atoms with Gasteiger partial charge in [-0.1, -0.05) is 0 Å². The van der Waals surface area contributed by atoms with Gasteiger partial charge in [0.25, 0.3) is 0 Å². The second kappa shape index (κ2) is 5.37. The standard InChI is InChI=1S/C12H18FN3O3S/c1-7-9(13)4-8(5-10(7)14)20(18,19)16-12(2,3)6-11(15)17/h4-5,16H,6,14H2,1-3H3,(H2,15,17). The van der Waals surface area contributed by atoms with Crippen LogP contribution in [0.4, 0.5) is 10.1 Å². The maximum Gasteiger partial charge on any atom is 0.241 e. The Morgan fingerprint density at radius 3 is 2.40 bits per heavy atom. The van der Waals surface area contributed by atoms with Crippen LogP contribution in [0.1, 0.15) is 25.8 Å². The minimum absolute atomic E-state index is 0.0399. The average molecular weight is 303 g/mol. The zero-order valence-electron chi connectivity index (χ0n) is 11.5. The monoisotopic (exact) mass is 303 g/mol. The van der Waals surface area contributed by atoms with Crippen LogP contribution >= 0.6 is 0 Å². The molecule has 0 fully saturated rings. The normalized spacial score (nSPS) is 12.4. The highest BCUT2D eigenvalue weighted by atomic mass is 32.2. The lowest BCUT2D eigenvalue weighted by Gasteiger charge is -2.24. The van der Waals surface area contributed by atoms with Crippen LogP contribution in [-0.2, 0) is 14.8 Å². The van der Waals surface area contributed by atoms with Crippen LogP contribution in [0.3, 0.4) is 0 Å². The Hall–Kier alpha value is -1.67. The smallest absolute Gasteiger partial charge is 0.241 e. The van der Waals surface area contributed by atoms with Gasteiger partial charge in [-0.25, -0.2) is 17.5 Å². The van der Waals surface area contributed by atoms with Gasteiger partial charge in [-0.2, -0.15) is 0 Å². The molecular weight excluding hydrogens is 285 g/mol. The van der Waals surface area contributed by atoms with Crippen LogP contribution in [-0.4, -0.2) is 19.9 Å². The van der Waals surface area contributed by atoms with Gasteiger partial charge in [0.1, 0.15) is 5.82 Å². The number of benzene rings is 1. The maximum absolute atomic E-state index is 13.6. The molecule has 1 aromatic carbocycles. The lowest BCUT2D eigenvalue weighted by molar-refractivity contribution is -0.119. The number of hydrogen-bond donors (Lipinski definition) is 3. The summed E-state index contributed by atoms with van der Waals surface area (Å²) in [4.78, 5) is 10.6. The molecule has 1 amide bonds. The third kappa shape index (κ3) is 3.91. The third-order valence-corrected chi connectivity index (χ3v) is 4.37. The summed E-state index contributed by atoms with van der Waals surface area (Å²) in [7, 11) is -4.00. The predicted molar refractivity (Wildman–Crippen MR) is 73.8 cm³/mol. The highest BCUT2D eigenvalue weighted by molar-refractivity contribution is 7.89. The van der Waals surface area contributed by atoms with Gasteiger partial charge in [-0.3, -0.25) is 4.79 Å². The fourth-order valence-electron chi connectivity index (χ4n) is 1.72. The molecule has 0 heterocycles. The van der Waals surface area contributed by atoms with Crippen molar-refractivity contribution < 1.29 is 17.6 Å². The van der Waals surface area contributed by atoms with Gasteiger partial charge in [0.05, 0.1) is 4.90 Å². The number of rotatable bonds is 5. The molecule has 0 saturated heterocycles. The van der Waals surface area contributed by atoms with Gasteiger partial charge in [0, 0.05) is 23.2 Å².